The molecule has 1 aromatic heterocycles. The van der Waals surface area contributed by atoms with Crippen molar-refractivity contribution in [2.24, 2.45) is 5.73 Å². The second kappa shape index (κ2) is 4.60. The molecule has 0 amide bonds. The third kappa shape index (κ3) is 2.77. The van der Waals surface area contributed by atoms with Crippen molar-refractivity contribution in [2.75, 3.05) is 6.54 Å². The molecule has 3 nitrogen and oxygen atoms in total. The molecule has 15 heavy (non-hydrogen) atoms. The lowest BCUT2D eigenvalue weighted by atomic mass is 9.78. The Labute approximate surface area is 95.1 Å². The predicted molar refractivity (Wildman–Crippen MR) is 64.0 cm³/mol. The molecule has 0 atom stereocenters. The minimum atomic E-state index is 0.0730. The summed E-state index contributed by atoms with van der Waals surface area (Å²) >= 11 is 1.74. The fourth-order valence-electron chi connectivity index (χ4n) is 1.84. The highest BCUT2D eigenvalue weighted by Crippen LogP contribution is 2.28. The zero-order valence-electron chi connectivity index (χ0n) is 9.25. The summed E-state index contributed by atoms with van der Waals surface area (Å²) in [5.41, 5.74) is 7.34. The number of nitrogens with one attached hydrogen (secondary N) is 1. The van der Waals surface area contributed by atoms with Gasteiger partial charge in [0, 0.05) is 24.0 Å². The summed E-state index contributed by atoms with van der Waals surface area (Å²) in [5.74, 6) is 0. The van der Waals surface area contributed by atoms with Gasteiger partial charge in [-0.2, -0.15) is 0 Å². The van der Waals surface area contributed by atoms with Crippen LogP contribution in [0, 0.1) is 0 Å². The van der Waals surface area contributed by atoms with Crippen molar-refractivity contribution in [3.8, 4) is 0 Å². The predicted octanol–water partition coefficient (Wildman–Crippen LogP) is 1.68. The van der Waals surface area contributed by atoms with Gasteiger partial charge in [-0.3, -0.25) is 0 Å². The van der Waals surface area contributed by atoms with E-state index in [1.54, 1.807) is 11.3 Å². The topological polar surface area (TPSA) is 50.9 Å². The van der Waals surface area contributed by atoms with Gasteiger partial charge in [0.2, 0.25) is 0 Å². The van der Waals surface area contributed by atoms with Crippen molar-refractivity contribution < 1.29 is 0 Å². The maximum absolute atomic E-state index is 6.12. The molecule has 1 aliphatic rings. The number of hydrogen-bond donors (Lipinski definition) is 2. The van der Waals surface area contributed by atoms with Crippen molar-refractivity contribution in [1.82, 2.24) is 10.3 Å². The van der Waals surface area contributed by atoms with E-state index >= 15 is 0 Å². The van der Waals surface area contributed by atoms with E-state index in [0.717, 1.165) is 38.0 Å². The fourth-order valence-corrected chi connectivity index (χ4v) is 2.58. The van der Waals surface area contributed by atoms with Gasteiger partial charge in [-0.05, 0) is 25.7 Å². The summed E-state index contributed by atoms with van der Waals surface area (Å²) in [6.07, 6.45) is 4.65. The molecular weight excluding hydrogens is 206 g/mol. The monoisotopic (exact) mass is 225 g/mol. The Kier molecular flexibility index (Phi) is 3.38. The van der Waals surface area contributed by atoms with Gasteiger partial charge in [-0.25, -0.2) is 4.98 Å². The van der Waals surface area contributed by atoms with E-state index in [1.165, 1.54) is 11.4 Å². The Balaban J connectivity index is 1.73. The maximum Gasteiger partial charge on any atom is 0.0926 e. The van der Waals surface area contributed by atoms with Crippen LogP contribution in [0.2, 0.25) is 0 Å². The van der Waals surface area contributed by atoms with Gasteiger partial charge in [-0.15, -0.1) is 11.3 Å². The molecular formula is C11H19N3S. The van der Waals surface area contributed by atoms with Crippen LogP contribution >= 0.6 is 11.3 Å². The van der Waals surface area contributed by atoms with Gasteiger partial charge < -0.3 is 11.1 Å². The van der Waals surface area contributed by atoms with E-state index in [0.29, 0.717) is 0 Å². The minimum Gasteiger partial charge on any atom is -0.324 e. The van der Waals surface area contributed by atoms with Gasteiger partial charge in [0.25, 0.3) is 0 Å². The summed E-state index contributed by atoms with van der Waals surface area (Å²) in [5, 5.41) is 6.76. The summed E-state index contributed by atoms with van der Waals surface area (Å²) in [6, 6.07) is 0. The first-order valence-electron chi connectivity index (χ1n) is 5.65. The van der Waals surface area contributed by atoms with Crippen LogP contribution in [-0.4, -0.2) is 17.1 Å². The zero-order chi connectivity index (χ0) is 10.7. The lowest BCUT2D eigenvalue weighted by Gasteiger charge is -2.38. The van der Waals surface area contributed by atoms with Crippen LogP contribution in [0.1, 0.15) is 36.9 Å². The lowest BCUT2D eigenvalue weighted by molar-refractivity contribution is 0.238. The Bertz CT molecular complexity index is 317. The number of aryl methyl sites for hydroxylation is 1. The molecule has 1 aromatic rings. The summed E-state index contributed by atoms with van der Waals surface area (Å²) in [7, 11) is 0. The van der Waals surface area contributed by atoms with Crippen LogP contribution in [0.5, 0.6) is 0 Å². The molecule has 84 valence electrons. The number of nitrogens with zero attached hydrogens (tertiary/aromatic N) is 1. The first-order valence-corrected chi connectivity index (χ1v) is 6.53. The van der Waals surface area contributed by atoms with Gasteiger partial charge in [0.05, 0.1) is 10.7 Å². The molecule has 0 spiro atoms. The van der Waals surface area contributed by atoms with Gasteiger partial charge in [0.15, 0.2) is 0 Å². The van der Waals surface area contributed by atoms with Crippen LogP contribution in [-0.2, 0) is 13.0 Å². The first kappa shape index (κ1) is 11.0. The SMILES string of the molecule is CCc1nc(CNCC2(N)CCC2)cs1. The van der Waals surface area contributed by atoms with Crippen LogP contribution < -0.4 is 11.1 Å². The van der Waals surface area contributed by atoms with E-state index in [4.69, 9.17) is 5.73 Å². The van der Waals surface area contributed by atoms with Crippen molar-refractivity contribution in [3.05, 3.63) is 16.1 Å². The number of aromatic nitrogens is 1. The molecule has 1 fully saturated rings. The normalized spacial score (nSPS) is 18.8. The highest BCUT2D eigenvalue weighted by atomic mass is 32.1. The number of thiazole rings is 1. The Morgan fingerprint density at radius 3 is 2.93 bits per heavy atom. The number of nitrogens with two attached hydrogens (primary N) is 1. The summed E-state index contributed by atoms with van der Waals surface area (Å²) in [4.78, 5) is 4.51. The fraction of sp³-hybridized carbons (Fsp3) is 0.727. The maximum atomic E-state index is 6.12. The zero-order valence-corrected chi connectivity index (χ0v) is 10.1. The first-order chi connectivity index (χ1) is 7.22. The molecule has 0 aromatic carbocycles. The Hall–Kier alpha value is -0.450. The van der Waals surface area contributed by atoms with E-state index in [-0.39, 0.29) is 5.54 Å². The van der Waals surface area contributed by atoms with Gasteiger partial charge in [-0.1, -0.05) is 6.92 Å². The van der Waals surface area contributed by atoms with Crippen molar-refractivity contribution >= 4 is 11.3 Å². The molecule has 1 aliphatic carbocycles. The minimum absolute atomic E-state index is 0.0730. The summed E-state index contributed by atoms with van der Waals surface area (Å²) < 4.78 is 0. The third-order valence-electron chi connectivity index (χ3n) is 3.03. The van der Waals surface area contributed by atoms with Crippen LogP contribution in [0.3, 0.4) is 0 Å². The second-order valence-corrected chi connectivity index (χ2v) is 5.35. The molecule has 1 heterocycles. The third-order valence-corrected chi connectivity index (χ3v) is 4.08. The molecule has 0 saturated heterocycles. The molecule has 4 heteroatoms. The lowest BCUT2D eigenvalue weighted by Crippen LogP contribution is -2.53. The number of rotatable bonds is 5. The highest BCUT2D eigenvalue weighted by molar-refractivity contribution is 7.09. The van der Waals surface area contributed by atoms with E-state index in [2.05, 4.69) is 22.6 Å². The van der Waals surface area contributed by atoms with Crippen LogP contribution in [0.25, 0.3) is 0 Å². The van der Waals surface area contributed by atoms with Crippen LogP contribution in [0.4, 0.5) is 0 Å². The van der Waals surface area contributed by atoms with E-state index < -0.39 is 0 Å². The van der Waals surface area contributed by atoms with Gasteiger partial charge in [0.1, 0.15) is 0 Å². The van der Waals surface area contributed by atoms with E-state index in [9.17, 15) is 0 Å². The van der Waals surface area contributed by atoms with Gasteiger partial charge >= 0.3 is 0 Å². The summed E-state index contributed by atoms with van der Waals surface area (Å²) in [6.45, 7) is 3.92. The Morgan fingerprint density at radius 2 is 2.40 bits per heavy atom. The standard InChI is InChI=1S/C11H19N3S/c1-2-10-14-9(7-15-10)6-13-8-11(12)4-3-5-11/h7,13H,2-6,8,12H2,1H3. The van der Waals surface area contributed by atoms with E-state index in [1.807, 2.05) is 0 Å². The van der Waals surface area contributed by atoms with Crippen LogP contribution in [0.15, 0.2) is 5.38 Å². The van der Waals surface area contributed by atoms with Crippen molar-refractivity contribution in [2.45, 2.75) is 44.7 Å². The molecule has 0 radical (unpaired) electrons. The second-order valence-electron chi connectivity index (χ2n) is 4.41. The molecule has 0 aliphatic heterocycles. The van der Waals surface area contributed by atoms with Crippen molar-refractivity contribution in [3.63, 3.8) is 0 Å². The molecule has 2 rings (SSSR count). The highest BCUT2D eigenvalue weighted by Gasteiger charge is 2.31. The van der Waals surface area contributed by atoms with Crippen molar-refractivity contribution in [1.29, 1.82) is 0 Å². The number of hydrogen-bond acceptors (Lipinski definition) is 4. The average Bonchev–Trinajstić information content (AvgIpc) is 2.63. The largest absolute Gasteiger partial charge is 0.324 e. The smallest absolute Gasteiger partial charge is 0.0926 e. The molecule has 3 N–H and O–H groups in total. The molecule has 0 unspecified atom stereocenters. The quantitative estimate of drug-likeness (QED) is 0.801. The molecule has 0 bridgehead atoms. The Morgan fingerprint density at radius 1 is 1.60 bits per heavy atom. The average molecular weight is 225 g/mol. The molecule has 1 saturated carbocycles.